The second kappa shape index (κ2) is 11.5. The van der Waals surface area contributed by atoms with Crippen molar-refractivity contribution in [3.63, 3.8) is 0 Å². The minimum atomic E-state index is -1.31. The predicted molar refractivity (Wildman–Crippen MR) is 103 cm³/mol. The summed E-state index contributed by atoms with van der Waals surface area (Å²) in [5, 5.41) is 6.00. The van der Waals surface area contributed by atoms with E-state index in [1.807, 2.05) is 0 Å². The topological polar surface area (TPSA) is 175 Å². The molecular formula is C18H28N4O9. The molecule has 1 rings (SSSR count). The summed E-state index contributed by atoms with van der Waals surface area (Å²) in [5.41, 5.74) is 8.11. The molecule has 31 heavy (non-hydrogen) atoms. The van der Waals surface area contributed by atoms with E-state index in [9.17, 15) is 19.2 Å². The first kappa shape index (κ1) is 26.1. The third kappa shape index (κ3) is 9.20. The maximum Gasteiger partial charge on any atom is 0.332 e. The van der Waals surface area contributed by atoms with Crippen molar-refractivity contribution in [2.24, 2.45) is 5.11 Å². The molecule has 13 heteroatoms. The summed E-state index contributed by atoms with van der Waals surface area (Å²) in [7, 11) is 0. The van der Waals surface area contributed by atoms with Crippen LogP contribution in [0.4, 0.5) is 0 Å². The zero-order valence-electron chi connectivity index (χ0n) is 18.3. The molecule has 0 aromatic carbocycles. The van der Waals surface area contributed by atoms with Crippen LogP contribution in [0.5, 0.6) is 0 Å². The molecular weight excluding hydrogens is 416 g/mol. The number of nitrogens with zero attached hydrogens (tertiary/aromatic N) is 3. The molecule has 1 amide bonds. The van der Waals surface area contributed by atoms with Gasteiger partial charge in [0.1, 0.15) is 37.1 Å². The van der Waals surface area contributed by atoms with Crippen molar-refractivity contribution < 1.29 is 42.9 Å². The van der Waals surface area contributed by atoms with Crippen LogP contribution in [0, 0.1) is 0 Å². The van der Waals surface area contributed by atoms with Gasteiger partial charge in [0, 0.05) is 25.7 Å². The molecule has 0 radical (unpaired) electrons. The zero-order chi connectivity index (χ0) is 23.8. The normalized spacial score (nSPS) is 25.5. The summed E-state index contributed by atoms with van der Waals surface area (Å²) in [6.07, 6.45) is -4.79. The Labute approximate surface area is 179 Å². The standard InChI is InChI=1S/C18H28N4O9/c1-9(23)20-14-16(29-11(3)25)15(28-8-13(26)31-18(4,5)6)12(7-27-10(2)24)30-17(14)21-22-19/h12,14-17H,7-8H2,1-6H3,(H,20,23)/t12?,14?,15-,16+,17-/m1/s1. The van der Waals surface area contributed by atoms with Crippen molar-refractivity contribution in [1.82, 2.24) is 5.32 Å². The van der Waals surface area contributed by atoms with Crippen LogP contribution < -0.4 is 5.32 Å². The number of amides is 1. The molecule has 0 saturated carbocycles. The molecule has 1 fully saturated rings. The molecule has 0 aliphatic carbocycles. The maximum atomic E-state index is 12.1. The lowest BCUT2D eigenvalue weighted by Gasteiger charge is -2.44. The lowest BCUT2D eigenvalue weighted by molar-refractivity contribution is -0.226. The van der Waals surface area contributed by atoms with Gasteiger partial charge in [-0.2, -0.15) is 0 Å². The maximum absolute atomic E-state index is 12.1. The number of hydrogen-bond acceptors (Lipinski definition) is 10. The van der Waals surface area contributed by atoms with Crippen LogP contribution in [-0.2, 0) is 42.9 Å². The van der Waals surface area contributed by atoms with E-state index in [4.69, 9.17) is 29.2 Å². The first-order valence-corrected chi connectivity index (χ1v) is 9.45. The highest BCUT2D eigenvalue weighted by Gasteiger charge is 2.49. The quantitative estimate of drug-likeness (QED) is 0.186. The van der Waals surface area contributed by atoms with E-state index in [-0.39, 0.29) is 6.61 Å². The van der Waals surface area contributed by atoms with Gasteiger partial charge in [0.05, 0.1) is 0 Å². The first-order valence-electron chi connectivity index (χ1n) is 9.45. The van der Waals surface area contributed by atoms with Crippen LogP contribution >= 0.6 is 0 Å². The molecule has 0 bridgehead atoms. The second-order valence-corrected chi connectivity index (χ2v) is 7.74. The van der Waals surface area contributed by atoms with Gasteiger partial charge >= 0.3 is 17.9 Å². The van der Waals surface area contributed by atoms with Gasteiger partial charge in [0.2, 0.25) is 5.91 Å². The van der Waals surface area contributed by atoms with E-state index in [2.05, 4.69) is 15.3 Å². The molecule has 2 unspecified atom stereocenters. The SMILES string of the molecule is CC(=O)NC1[C@H](N=[N+]=[N-])OC(COC(C)=O)[C@@H](OCC(=O)OC(C)(C)C)[C@H]1OC(C)=O. The van der Waals surface area contributed by atoms with Crippen LogP contribution in [0.15, 0.2) is 5.11 Å². The fraction of sp³-hybridized carbons (Fsp3) is 0.778. The molecule has 0 aromatic rings. The van der Waals surface area contributed by atoms with E-state index >= 15 is 0 Å². The zero-order valence-corrected chi connectivity index (χ0v) is 18.3. The summed E-state index contributed by atoms with van der Waals surface area (Å²) in [5.74, 6) is -2.57. The molecule has 1 saturated heterocycles. The Balaban J connectivity index is 3.24. The van der Waals surface area contributed by atoms with Crippen LogP contribution in [0.2, 0.25) is 0 Å². The Hall–Kier alpha value is -2.89. The number of ether oxygens (including phenoxy) is 5. The lowest BCUT2D eigenvalue weighted by atomic mass is 9.95. The van der Waals surface area contributed by atoms with Gasteiger partial charge in [-0.3, -0.25) is 14.4 Å². The van der Waals surface area contributed by atoms with Crippen LogP contribution in [-0.4, -0.2) is 73.2 Å². The van der Waals surface area contributed by atoms with Gasteiger partial charge in [-0.1, -0.05) is 5.11 Å². The van der Waals surface area contributed by atoms with Gasteiger partial charge in [-0.25, -0.2) is 4.79 Å². The summed E-state index contributed by atoms with van der Waals surface area (Å²) in [4.78, 5) is 49.5. The molecule has 0 aromatic heterocycles. The molecule has 1 aliphatic heterocycles. The monoisotopic (exact) mass is 444 g/mol. The number of carbonyl (C=O) groups excluding carboxylic acids is 4. The molecule has 1 N–H and O–H groups in total. The lowest BCUT2D eigenvalue weighted by Crippen LogP contribution is -2.65. The van der Waals surface area contributed by atoms with Gasteiger partial charge in [0.25, 0.3) is 0 Å². The largest absolute Gasteiger partial charge is 0.463 e. The smallest absolute Gasteiger partial charge is 0.332 e. The third-order valence-electron chi connectivity index (χ3n) is 3.77. The minimum absolute atomic E-state index is 0.351. The number of esters is 3. The summed E-state index contributed by atoms with van der Waals surface area (Å²) < 4.78 is 26.8. The van der Waals surface area contributed by atoms with Crippen molar-refractivity contribution >= 4 is 23.8 Å². The number of hydrogen-bond donors (Lipinski definition) is 1. The Morgan fingerprint density at radius 2 is 1.74 bits per heavy atom. The van der Waals surface area contributed by atoms with E-state index in [1.54, 1.807) is 20.8 Å². The molecule has 1 heterocycles. The second-order valence-electron chi connectivity index (χ2n) is 7.74. The van der Waals surface area contributed by atoms with Crippen LogP contribution in [0.1, 0.15) is 41.5 Å². The first-order chi connectivity index (χ1) is 14.3. The fourth-order valence-corrected chi connectivity index (χ4v) is 2.86. The number of azide groups is 1. The van der Waals surface area contributed by atoms with Gasteiger partial charge < -0.3 is 29.0 Å². The third-order valence-corrected chi connectivity index (χ3v) is 3.77. The number of rotatable bonds is 8. The van der Waals surface area contributed by atoms with E-state index in [0.29, 0.717) is 0 Å². The number of carbonyl (C=O) groups is 4. The van der Waals surface area contributed by atoms with Crippen LogP contribution in [0.25, 0.3) is 10.4 Å². The van der Waals surface area contributed by atoms with Crippen molar-refractivity contribution in [3.05, 3.63) is 10.4 Å². The van der Waals surface area contributed by atoms with Crippen molar-refractivity contribution in [3.8, 4) is 0 Å². The highest BCUT2D eigenvalue weighted by Crippen LogP contribution is 2.28. The average Bonchev–Trinajstić information content (AvgIpc) is 2.59. The highest BCUT2D eigenvalue weighted by molar-refractivity contribution is 5.73. The highest BCUT2D eigenvalue weighted by atomic mass is 16.6. The van der Waals surface area contributed by atoms with Gasteiger partial charge in [-0.15, -0.1) is 0 Å². The van der Waals surface area contributed by atoms with Crippen molar-refractivity contribution in [2.45, 2.75) is 77.7 Å². The van der Waals surface area contributed by atoms with E-state index in [0.717, 1.165) is 6.92 Å². The minimum Gasteiger partial charge on any atom is -0.463 e. The molecule has 5 atom stereocenters. The molecule has 1 aliphatic rings. The summed E-state index contributed by atoms with van der Waals surface area (Å²) in [6, 6.07) is -1.13. The van der Waals surface area contributed by atoms with E-state index in [1.165, 1.54) is 13.8 Å². The molecule has 13 nitrogen and oxygen atoms in total. The van der Waals surface area contributed by atoms with Gasteiger partial charge in [0.15, 0.2) is 12.3 Å². The summed E-state index contributed by atoms with van der Waals surface area (Å²) in [6.45, 7) is 7.66. The van der Waals surface area contributed by atoms with Crippen molar-refractivity contribution in [2.75, 3.05) is 13.2 Å². The van der Waals surface area contributed by atoms with Crippen LogP contribution in [0.3, 0.4) is 0 Å². The molecule has 0 spiro atoms. The Morgan fingerprint density at radius 1 is 1.10 bits per heavy atom. The van der Waals surface area contributed by atoms with Gasteiger partial charge in [-0.05, 0) is 26.3 Å². The van der Waals surface area contributed by atoms with E-state index < -0.39 is 66.6 Å². The Bertz CT molecular complexity index is 730. The predicted octanol–water partition coefficient (Wildman–Crippen LogP) is 0.748. The molecule has 174 valence electrons. The Kier molecular flexibility index (Phi) is 9.69. The van der Waals surface area contributed by atoms with Crippen molar-refractivity contribution in [1.29, 1.82) is 0 Å². The average molecular weight is 444 g/mol. The Morgan fingerprint density at radius 3 is 2.23 bits per heavy atom. The summed E-state index contributed by atoms with van der Waals surface area (Å²) >= 11 is 0. The fourth-order valence-electron chi connectivity index (χ4n) is 2.86. The number of nitrogens with one attached hydrogen (secondary N) is 1.